The number of hydrogen-bond donors (Lipinski definition) is 1. The summed E-state index contributed by atoms with van der Waals surface area (Å²) in [6, 6.07) is 1.82. The first-order valence-electron chi connectivity index (χ1n) is 8.37. The number of nitrogens with zero attached hydrogens (tertiary/aromatic N) is 6. The molecule has 1 saturated heterocycles. The summed E-state index contributed by atoms with van der Waals surface area (Å²) in [5.41, 5.74) is 0. The molecule has 1 amide bonds. The minimum atomic E-state index is 0. The van der Waals surface area contributed by atoms with Gasteiger partial charge in [-0.2, -0.15) is 0 Å². The number of rotatable bonds is 5. The Bertz CT molecular complexity index is 545. The van der Waals surface area contributed by atoms with E-state index >= 15 is 0 Å². The lowest BCUT2D eigenvalue weighted by molar-refractivity contribution is -0.127. The van der Waals surface area contributed by atoms with E-state index < -0.39 is 0 Å². The van der Waals surface area contributed by atoms with Crippen molar-refractivity contribution in [3.63, 3.8) is 0 Å². The maximum atomic E-state index is 11.8. The molecular formula is C16H28IN7O. The van der Waals surface area contributed by atoms with Gasteiger partial charge in [-0.25, -0.2) is 15.0 Å². The molecule has 9 heteroatoms. The summed E-state index contributed by atoms with van der Waals surface area (Å²) in [4.78, 5) is 30.8. The van der Waals surface area contributed by atoms with Gasteiger partial charge in [0.15, 0.2) is 5.96 Å². The van der Waals surface area contributed by atoms with Crippen LogP contribution in [0.25, 0.3) is 0 Å². The van der Waals surface area contributed by atoms with Crippen molar-refractivity contribution in [3.05, 3.63) is 18.5 Å². The predicted octanol–water partition coefficient (Wildman–Crippen LogP) is 0.660. The molecule has 0 saturated carbocycles. The fraction of sp³-hybridized carbons (Fsp3) is 0.625. The SMILES string of the molecule is CCCNC(=NCC(=O)N(C)C)N1CCN(c2ncccn2)CC1.I. The van der Waals surface area contributed by atoms with Crippen LogP contribution in [0.2, 0.25) is 0 Å². The van der Waals surface area contributed by atoms with Gasteiger partial charge in [0.2, 0.25) is 11.9 Å². The van der Waals surface area contributed by atoms with Crippen molar-refractivity contribution in [2.45, 2.75) is 13.3 Å². The molecular weight excluding hydrogens is 433 g/mol. The average molecular weight is 461 g/mol. The van der Waals surface area contributed by atoms with E-state index in [1.807, 2.05) is 6.07 Å². The highest BCUT2D eigenvalue weighted by molar-refractivity contribution is 14.0. The quantitative estimate of drug-likeness (QED) is 0.395. The number of anilines is 1. The third kappa shape index (κ3) is 6.63. The number of likely N-dealkylation sites (N-methyl/N-ethyl adjacent to an activating group) is 1. The number of carbonyl (C=O) groups excluding carboxylic acids is 1. The third-order valence-corrected chi connectivity index (χ3v) is 3.81. The molecule has 0 aromatic carbocycles. The van der Waals surface area contributed by atoms with Crippen LogP contribution in [0.15, 0.2) is 23.5 Å². The molecule has 8 nitrogen and oxygen atoms in total. The monoisotopic (exact) mass is 461 g/mol. The minimum absolute atomic E-state index is 0. The van der Waals surface area contributed by atoms with Crippen molar-refractivity contribution < 1.29 is 4.79 Å². The van der Waals surface area contributed by atoms with E-state index in [1.165, 1.54) is 0 Å². The first kappa shape index (κ1) is 21.4. The van der Waals surface area contributed by atoms with Gasteiger partial charge >= 0.3 is 0 Å². The van der Waals surface area contributed by atoms with Crippen LogP contribution in [0.3, 0.4) is 0 Å². The van der Waals surface area contributed by atoms with Crippen LogP contribution in [0.1, 0.15) is 13.3 Å². The largest absolute Gasteiger partial charge is 0.356 e. The highest BCUT2D eigenvalue weighted by Gasteiger charge is 2.21. The van der Waals surface area contributed by atoms with E-state index in [-0.39, 0.29) is 36.4 Å². The van der Waals surface area contributed by atoms with Crippen LogP contribution in [0, 0.1) is 0 Å². The van der Waals surface area contributed by atoms with Gasteiger partial charge < -0.3 is 20.0 Å². The van der Waals surface area contributed by atoms with Gasteiger partial charge in [-0.1, -0.05) is 6.92 Å². The van der Waals surface area contributed by atoms with Crippen molar-refractivity contribution in [2.75, 3.05) is 58.3 Å². The molecule has 1 aliphatic rings. The Morgan fingerprint density at radius 3 is 2.44 bits per heavy atom. The van der Waals surface area contributed by atoms with Crippen molar-refractivity contribution in [3.8, 4) is 0 Å². The molecule has 1 aromatic rings. The van der Waals surface area contributed by atoms with Crippen molar-refractivity contribution in [2.24, 2.45) is 4.99 Å². The number of guanidine groups is 1. The number of carbonyl (C=O) groups is 1. The molecule has 0 atom stereocenters. The topological polar surface area (TPSA) is 77.0 Å². The molecule has 0 radical (unpaired) electrons. The van der Waals surface area contributed by atoms with Crippen LogP contribution in [-0.2, 0) is 4.79 Å². The molecule has 140 valence electrons. The van der Waals surface area contributed by atoms with Crippen LogP contribution >= 0.6 is 24.0 Å². The number of aliphatic imine (C=N–C) groups is 1. The lowest BCUT2D eigenvalue weighted by Gasteiger charge is -2.36. The molecule has 0 aliphatic carbocycles. The summed E-state index contributed by atoms with van der Waals surface area (Å²) >= 11 is 0. The van der Waals surface area contributed by atoms with Crippen molar-refractivity contribution in [1.82, 2.24) is 25.1 Å². The molecule has 1 aromatic heterocycles. The normalized spacial score (nSPS) is 14.8. The molecule has 0 bridgehead atoms. The maximum Gasteiger partial charge on any atom is 0.243 e. The summed E-state index contributed by atoms with van der Waals surface area (Å²) in [6.45, 7) is 6.43. The third-order valence-electron chi connectivity index (χ3n) is 3.81. The Labute approximate surface area is 166 Å². The van der Waals surface area contributed by atoms with E-state index in [4.69, 9.17) is 0 Å². The molecule has 0 spiro atoms. The van der Waals surface area contributed by atoms with Gasteiger partial charge in [0.1, 0.15) is 6.54 Å². The van der Waals surface area contributed by atoms with Crippen LogP contribution < -0.4 is 10.2 Å². The van der Waals surface area contributed by atoms with Gasteiger partial charge in [-0.3, -0.25) is 4.79 Å². The Morgan fingerprint density at radius 1 is 1.24 bits per heavy atom. The fourth-order valence-electron chi connectivity index (χ4n) is 2.36. The predicted molar refractivity (Wildman–Crippen MR) is 111 cm³/mol. The second-order valence-corrected chi connectivity index (χ2v) is 5.88. The van der Waals surface area contributed by atoms with Gasteiger partial charge in [0.25, 0.3) is 0 Å². The van der Waals surface area contributed by atoms with Crippen molar-refractivity contribution >= 4 is 41.8 Å². The number of aromatic nitrogens is 2. The lowest BCUT2D eigenvalue weighted by Crippen LogP contribution is -2.53. The number of hydrogen-bond acceptors (Lipinski definition) is 5. The summed E-state index contributed by atoms with van der Waals surface area (Å²) in [7, 11) is 3.49. The van der Waals surface area contributed by atoms with Crippen LogP contribution in [-0.4, -0.2) is 85.0 Å². The summed E-state index contributed by atoms with van der Waals surface area (Å²) in [5.74, 6) is 1.57. The summed E-state index contributed by atoms with van der Waals surface area (Å²) in [5, 5.41) is 3.34. The second-order valence-electron chi connectivity index (χ2n) is 5.88. The van der Waals surface area contributed by atoms with Gasteiger partial charge in [0.05, 0.1) is 0 Å². The van der Waals surface area contributed by atoms with Crippen LogP contribution in [0.4, 0.5) is 5.95 Å². The molecule has 1 fully saturated rings. The maximum absolute atomic E-state index is 11.8. The number of amides is 1. The average Bonchev–Trinajstić information content (AvgIpc) is 2.62. The first-order valence-corrected chi connectivity index (χ1v) is 8.37. The molecule has 0 unspecified atom stereocenters. The van der Waals surface area contributed by atoms with Gasteiger partial charge in [-0.15, -0.1) is 24.0 Å². The first-order chi connectivity index (χ1) is 11.6. The Kier molecular flexibility index (Phi) is 9.46. The number of piperazine rings is 1. The van der Waals surface area contributed by atoms with Gasteiger partial charge in [-0.05, 0) is 12.5 Å². The molecule has 1 aliphatic heterocycles. The van der Waals surface area contributed by atoms with E-state index in [1.54, 1.807) is 31.4 Å². The van der Waals surface area contributed by atoms with E-state index in [0.717, 1.165) is 51.1 Å². The number of nitrogens with one attached hydrogen (secondary N) is 1. The Morgan fingerprint density at radius 2 is 1.88 bits per heavy atom. The minimum Gasteiger partial charge on any atom is -0.356 e. The lowest BCUT2D eigenvalue weighted by atomic mass is 10.3. The van der Waals surface area contributed by atoms with E-state index in [9.17, 15) is 4.79 Å². The Hall–Kier alpha value is -1.65. The summed E-state index contributed by atoms with van der Waals surface area (Å²) < 4.78 is 0. The zero-order chi connectivity index (χ0) is 17.4. The zero-order valence-electron chi connectivity index (χ0n) is 15.2. The fourth-order valence-corrected chi connectivity index (χ4v) is 2.36. The zero-order valence-corrected chi connectivity index (χ0v) is 17.5. The van der Waals surface area contributed by atoms with E-state index in [0.29, 0.717) is 0 Å². The van der Waals surface area contributed by atoms with Gasteiger partial charge in [0, 0.05) is 59.2 Å². The smallest absolute Gasteiger partial charge is 0.243 e. The second kappa shape index (κ2) is 11.1. The Balaban J connectivity index is 0.00000312. The summed E-state index contributed by atoms with van der Waals surface area (Å²) in [6.07, 6.45) is 4.53. The highest BCUT2D eigenvalue weighted by Crippen LogP contribution is 2.09. The molecule has 2 heterocycles. The molecule has 2 rings (SSSR count). The number of halogens is 1. The highest BCUT2D eigenvalue weighted by atomic mass is 127. The standard InChI is InChI=1S/C16H27N7O.HI/c1-4-6-17-16(20-13-14(24)21(2)3)23-11-9-22(10-12-23)15-18-7-5-8-19-15;/h5,7-8H,4,6,9-13H2,1-3H3,(H,17,20);1H. The molecule has 25 heavy (non-hydrogen) atoms. The van der Waals surface area contributed by atoms with E-state index in [2.05, 4.69) is 37.0 Å². The van der Waals surface area contributed by atoms with Crippen molar-refractivity contribution in [1.29, 1.82) is 0 Å². The molecule has 1 N–H and O–H groups in total. The van der Waals surface area contributed by atoms with Crippen LogP contribution in [0.5, 0.6) is 0 Å².